The fourth-order valence-electron chi connectivity index (χ4n) is 2.50. The second kappa shape index (κ2) is 5.85. The number of para-hydroxylation sites is 1. The molecule has 0 saturated carbocycles. The highest BCUT2D eigenvalue weighted by Crippen LogP contribution is 2.27. The summed E-state index contributed by atoms with van der Waals surface area (Å²) in [5.74, 6) is 0. The van der Waals surface area contributed by atoms with Gasteiger partial charge in [-0.25, -0.2) is 0 Å². The molecular formula is C16H23N3O2. The zero-order valence-electron chi connectivity index (χ0n) is 13.1. The van der Waals surface area contributed by atoms with Gasteiger partial charge in [-0.1, -0.05) is 18.2 Å². The van der Waals surface area contributed by atoms with Crippen molar-refractivity contribution >= 4 is 10.9 Å². The minimum atomic E-state index is -0.960. The zero-order valence-corrected chi connectivity index (χ0v) is 13.1. The van der Waals surface area contributed by atoms with Crippen molar-refractivity contribution in [1.82, 2.24) is 9.88 Å². The maximum atomic E-state index is 11.2. The van der Waals surface area contributed by atoms with E-state index in [4.69, 9.17) is 0 Å². The molecule has 1 aromatic carbocycles. The molecule has 114 valence electrons. The van der Waals surface area contributed by atoms with Crippen LogP contribution < -0.4 is 0 Å². The molecule has 0 aliphatic carbocycles. The molecule has 21 heavy (non-hydrogen) atoms. The molecule has 2 rings (SSSR count). The molecule has 5 nitrogen and oxygen atoms in total. The summed E-state index contributed by atoms with van der Waals surface area (Å²) in [6.07, 6.45) is 1.30. The van der Waals surface area contributed by atoms with Gasteiger partial charge < -0.3 is 9.88 Å². The van der Waals surface area contributed by atoms with Gasteiger partial charge in [0, 0.05) is 54.8 Å². The number of nitrogens with zero attached hydrogens (tertiary/aromatic N) is 2. The fourth-order valence-corrected chi connectivity index (χ4v) is 2.50. The van der Waals surface area contributed by atoms with E-state index in [0.717, 1.165) is 35.1 Å². The van der Waals surface area contributed by atoms with Crippen LogP contribution in [0.3, 0.4) is 0 Å². The Morgan fingerprint density at radius 2 is 1.95 bits per heavy atom. The average Bonchev–Trinajstić information content (AvgIpc) is 2.74. The summed E-state index contributed by atoms with van der Waals surface area (Å²) in [5.41, 5.74) is 2.28. The third-order valence-electron chi connectivity index (χ3n) is 3.81. The van der Waals surface area contributed by atoms with E-state index in [2.05, 4.69) is 9.88 Å². The summed E-state index contributed by atoms with van der Waals surface area (Å²) < 4.78 is 0. The molecule has 0 radical (unpaired) electrons. The van der Waals surface area contributed by atoms with Crippen molar-refractivity contribution in [2.75, 3.05) is 20.6 Å². The first-order chi connectivity index (χ1) is 9.81. The molecule has 1 aromatic heterocycles. The standard InChI is InChI=1S/C16H23N3O2/c1-16(2,19(20)21)11-13-12-7-5-6-8-14(12)17-15(13)9-10-18(3)4/h5-8,17H,9-11H2,1-4H3. The zero-order chi connectivity index (χ0) is 15.6. The van der Waals surface area contributed by atoms with Crippen molar-refractivity contribution in [2.45, 2.75) is 32.2 Å². The van der Waals surface area contributed by atoms with Crippen molar-refractivity contribution in [3.63, 3.8) is 0 Å². The Balaban J connectivity index is 2.42. The smallest absolute Gasteiger partial charge is 0.220 e. The third-order valence-corrected chi connectivity index (χ3v) is 3.81. The maximum Gasteiger partial charge on any atom is 0.220 e. The largest absolute Gasteiger partial charge is 0.358 e. The van der Waals surface area contributed by atoms with Crippen LogP contribution in [0.5, 0.6) is 0 Å². The van der Waals surface area contributed by atoms with Gasteiger partial charge >= 0.3 is 0 Å². The number of rotatable bonds is 6. The predicted molar refractivity (Wildman–Crippen MR) is 85.3 cm³/mol. The minimum absolute atomic E-state index is 0.190. The van der Waals surface area contributed by atoms with Gasteiger partial charge in [0.15, 0.2) is 0 Å². The Bertz CT molecular complexity index is 644. The number of nitro groups is 1. The van der Waals surface area contributed by atoms with E-state index in [0.29, 0.717) is 6.42 Å². The molecule has 5 heteroatoms. The van der Waals surface area contributed by atoms with Gasteiger partial charge in [0.25, 0.3) is 0 Å². The molecule has 0 fully saturated rings. The maximum absolute atomic E-state index is 11.2. The topological polar surface area (TPSA) is 62.2 Å². The van der Waals surface area contributed by atoms with E-state index in [1.807, 2.05) is 38.4 Å². The van der Waals surface area contributed by atoms with Crippen molar-refractivity contribution in [1.29, 1.82) is 0 Å². The monoisotopic (exact) mass is 289 g/mol. The molecule has 1 N–H and O–H groups in total. The van der Waals surface area contributed by atoms with Crippen LogP contribution in [0.25, 0.3) is 10.9 Å². The number of H-pyrrole nitrogens is 1. The first-order valence-electron chi connectivity index (χ1n) is 7.19. The molecule has 0 spiro atoms. The number of aromatic nitrogens is 1. The van der Waals surface area contributed by atoms with E-state index in [9.17, 15) is 10.1 Å². The molecule has 0 aliphatic rings. The van der Waals surface area contributed by atoms with E-state index in [1.54, 1.807) is 13.8 Å². The third kappa shape index (κ3) is 3.42. The van der Waals surface area contributed by atoms with Crippen LogP contribution in [-0.2, 0) is 12.8 Å². The van der Waals surface area contributed by atoms with Crippen LogP contribution in [0.2, 0.25) is 0 Å². The van der Waals surface area contributed by atoms with E-state index in [1.165, 1.54) is 0 Å². The number of hydrogen-bond acceptors (Lipinski definition) is 3. The second-order valence-electron chi connectivity index (χ2n) is 6.43. The summed E-state index contributed by atoms with van der Waals surface area (Å²) in [5, 5.41) is 12.3. The Kier molecular flexibility index (Phi) is 4.32. The molecule has 0 bridgehead atoms. The van der Waals surface area contributed by atoms with Gasteiger partial charge in [-0.2, -0.15) is 0 Å². The molecular weight excluding hydrogens is 266 g/mol. The van der Waals surface area contributed by atoms with Crippen LogP contribution in [0.4, 0.5) is 0 Å². The molecule has 0 unspecified atom stereocenters. The number of likely N-dealkylation sites (N-methyl/N-ethyl adjacent to an activating group) is 1. The highest BCUT2D eigenvalue weighted by molar-refractivity contribution is 5.84. The molecule has 0 saturated heterocycles. The van der Waals surface area contributed by atoms with E-state index < -0.39 is 5.54 Å². The Morgan fingerprint density at radius 1 is 1.29 bits per heavy atom. The molecule has 1 heterocycles. The van der Waals surface area contributed by atoms with Crippen LogP contribution in [0.1, 0.15) is 25.1 Å². The first kappa shape index (κ1) is 15.5. The first-order valence-corrected chi connectivity index (χ1v) is 7.19. The molecule has 0 atom stereocenters. The summed E-state index contributed by atoms with van der Waals surface area (Å²) in [6.45, 7) is 4.29. The average molecular weight is 289 g/mol. The lowest BCUT2D eigenvalue weighted by atomic mass is 9.93. The quantitative estimate of drug-likeness (QED) is 0.657. The second-order valence-corrected chi connectivity index (χ2v) is 6.43. The van der Waals surface area contributed by atoms with Crippen LogP contribution in [0, 0.1) is 10.1 Å². The van der Waals surface area contributed by atoms with Crippen LogP contribution >= 0.6 is 0 Å². The summed E-state index contributed by atoms with van der Waals surface area (Å²) in [6, 6.07) is 8.03. The van der Waals surface area contributed by atoms with E-state index in [-0.39, 0.29) is 4.92 Å². The molecule has 2 aromatic rings. The fraction of sp³-hybridized carbons (Fsp3) is 0.500. The van der Waals surface area contributed by atoms with Crippen LogP contribution in [-0.4, -0.2) is 41.0 Å². The number of aromatic amines is 1. The van der Waals surface area contributed by atoms with E-state index >= 15 is 0 Å². The highest BCUT2D eigenvalue weighted by Gasteiger charge is 2.33. The van der Waals surface area contributed by atoms with Crippen molar-refractivity contribution < 1.29 is 4.92 Å². The van der Waals surface area contributed by atoms with Crippen molar-refractivity contribution in [3.05, 3.63) is 45.6 Å². The lowest BCUT2D eigenvalue weighted by Crippen LogP contribution is -2.33. The number of nitrogens with one attached hydrogen (secondary N) is 1. The van der Waals surface area contributed by atoms with Gasteiger partial charge in [0.2, 0.25) is 5.54 Å². The van der Waals surface area contributed by atoms with Crippen molar-refractivity contribution in [3.8, 4) is 0 Å². The normalized spacial score (nSPS) is 12.2. The Labute approximate surface area is 125 Å². The van der Waals surface area contributed by atoms with Gasteiger partial charge in [-0.05, 0) is 25.7 Å². The highest BCUT2D eigenvalue weighted by atomic mass is 16.6. The number of benzene rings is 1. The molecule has 0 amide bonds. The minimum Gasteiger partial charge on any atom is -0.358 e. The Hall–Kier alpha value is -1.88. The lowest BCUT2D eigenvalue weighted by Gasteiger charge is -2.17. The SMILES string of the molecule is CN(C)CCc1[nH]c2ccccc2c1CC(C)(C)[N+](=O)[O-]. The number of hydrogen-bond donors (Lipinski definition) is 1. The summed E-state index contributed by atoms with van der Waals surface area (Å²) in [7, 11) is 4.06. The molecule has 0 aliphatic heterocycles. The van der Waals surface area contributed by atoms with Gasteiger partial charge in [0.05, 0.1) is 0 Å². The summed E-state index contributed by atoms with van der Waals surface area (Å²) in [4.78, 5) is 16.6. The van der Waals surface area contributed by atoms with Gasteiger partial charge in [-0.15, -0.1) is 0 Å². The van der Waals surface area contributed by atoms with Gasteiger partial charge in [-0.3, -0.25) is 10.1 Å². The summed E-state index contributed by atoms with van der Waals surface area (Å²) >= 11 is 0. The van der Waals surface area contributed by atoms with Gasteiger partial charge in [0.1, 0.15) is 0 Å². The Morgan fingerprint density at radius 3 is 2.57 bits per heavy atom. The van der Waals surface area contributed by atoms with Crippen molar-refractivity contribution in [2.24, 2.45) is 0 Å². The predicted octanol–water partition coefficient (Wildman–Crippen LogP) is 2.87. The van der Waals surface area contributed by atoms with Crippen LogP contribution in [0.15, 0.2) is 24.3 Å². The number of fused-ring (bicyclic) bond motifs is 1. The lowest BCUT2D eigenvalue weighted by molar-refractivity contribution is -0.560.